The third kappa shape index (κ3) is 2.53. The highest BCUT2D eigenvalue weighted by molar-refractivity contribution is 5.14. The minimum Gasteiger partial charge on any atom is -0.288 e. The summed E-state index contributed by atoms with van der Waals surface area (Å²) in [6.07, 6.45) is 6.09. The van der Waals surface area contributed by atoms with Gasteiger partial charge in [-0.05, 0) is 37.8 Å². The van der Waals surface area contributed by atoms with Crippen LogP contribution in [0.1, 0.15) is 24.8 Å². The third-order valence-corrected chi connectivity index (χ3v) is 4.17. The number of hydrogen-bond acceptors (Lipinski definition) is 2. The first-order chi connectivity index (χ1) is 8.43. The summed E-state index contributed by atoms with van der Waals surface area (Å²) in [4.78, 5) is 5.37. The zero-order chi connectivity index (χ0) is 11.5. The molecule has 0 aliphatic carbocycles. The molecule has 0 aromatic heterocycles. The number of rotatable bonds is 3. The molecule has 92 valence electrons. The van der Waals surface area contributed by atoms with Crippen molar-refractivity contribution in [2.45, 2.75) is 31.8 Å². The van der Waals surface area contributed by atoms with Gasteiger partial charge in [0, 0.05) is 19.6 Å². The maximum absolute atomic E-state index is 2.70. The molecule has 1 atom stereocenters. The minimum absolute atomic E-state index is 0.757. The summed E-state index contributed by atoms with van der Waals surface area (Å²) in [5.74, 6) is 0. The van der Waals surface area contributed by atoms with Gasteiger partial charge in [0.25, 0.3) is 0 Å². The highest BCUT2D eigenvalue weighted by atomic mass is 15.4. The third-order valence-electron chi connectivity index (χ3n) is 4.17. The lowest BCUT2D eigenvalue weighted by Gasteiger charge is -2.40. The smallest absolute Gasteiger partial charge is 0.0623 e. The second kappa shape index (κ2) is 5.19. The Morgan fingerprint density at radius 3 is 2.71 bits per heavy atom. The van der Waals surface area contributed by atoms with Crippen LogP contribution in [0.25, 0.3) is 0 Å². The van der Waals surface area contributed by atoms with Gasteiger partial charge in [-0.1, -0.05) is 30.3 Å². The van der Waals surface area contributed by atoms with Crippen molar-refractivity contribution in [2.24, 2.45) is 0 Å². The van der Waals surface area contributed by atoms with E-state index in [0.29, 0.717) is 0 Å². The zero-order valence-electron chi connectivity index (χ0n) is 10.5. The van der Waals surface area contributed by atoms with Gasteiger partial charge in [-0.3, -0.25) is 9.80 Å². The summed E-state index contributed by atoms with van der Waals surface area (Å²) >= 11 is 0. The first kappa shape index (κ1) is 11.2. The molecule has 1 unspecified atom stereocenters. The lowest BCUT2D eigenvalue weighted by Crippen LogP contribution is -2.50. The topological polar surface area (TPSA) is 6.48 Å². The fourth-order valence-electron chi connectivity index (χ4n) is 3.29. The summed E-state index contributed by atoms with van der Waals surface area (Å²) < 4.78 is 0. The van der Waals surface area contributed by atoms with Crippen molar-refractivity contribution < 1.29 is 0 Å². The molecule has 2 heteroatoms. The van der Waals surface area contributed by atoms with Crippen molar-refractivity contribution in [3.05, 3.63) is 35.9 Å². The summed E-state index contributed by atoms with van der Waals surface area (Å²) in [7, 11) is 0. The molecule has 0 saturated carbocycles. The van der Waals surface area contributed by atoms with Crippen molar-refractivity contribution >= 4 is 0 Å². The largest absolute Gasteiger partial charge is 0.288 e. The van der Waals surface area contributed by atoms with Crippen LogP contribution >= 0.6 is 0 Å². The van der Waals surface area contributed by atoms with E-state index in [1.54, 1.807) is 0 Å². The van der Waals surface area contributed by atoms with E-state index in [-0.39, 0.29) is 0 Å². The number of nitrogens with zero attached hydrogens (tertiary/aromatic N) is 2. The molecule has 0 amide bonds. The van der Waals surface area contributed by atoms with Crippen LogP contribution in [0, 0.1) is 0 Å². The monoisotopic (exact) mass is 230 g/mol. The lowest BCUT2D eigenvalue weighted by molar-refractivity contribution is 0.0357. The Morgan fingerprint density at radius 2 is 1.82 bits per heavy atom. The molecule has 0 N–H and O–H groups in total. The average Bonchev–Trinajstić information content (AvgIpc) is 2.86. The molecular weight excluding hydrogens is 208 g/mol. The normalized spacial score (nSPS) is 26.0. The first-order valence-electron chi connectivity index (χ1n) is 6.95. The Bertz CT molecular complexity index is 349. The van der Waals surface area contributed by atoms with Crippen LogP contribution in [0.2, 0.25) is 0 Å². The maximum Gasteiger partial charge on any atom is 0.0623 e. The first-order valence-corrected chi connectivity index (χ1v) is 6.95. The molecule has 0 bridgehead atoms. The van der Waals surface area contributed by atoms with E-state index in [2.05, 4.69) is 40.1 Å². The van der Waals surface area contributed by atoms with E-state index in [1.165, 1.54) is 57.4 Å². The van der Waals surface area contributed by atoms with Gasteiger partial charge in [-0.25, -0.2) is 0 Å². The van der Waals surface area contributed by atoms with Gasteiger partial charge in [0.1, 0.15) is 0 Å². The van der Waals surface area contributed by atoms with Gasteiger partial charge in [0.05, 0.1) is 6.17 Å². The molecule has 2 aliphatic heterocycles. The van der Waals surface area contributed by atoms with Crippen LogP contribution < -0.4 is 0 Å². The Hall–Kier alpha value is -0.860. The van der Waals surface area contributed by atoms with Gasteiger partial charge in [-0.2, -0.15) is 0 Å². The number of hydrogen-bond donors (Lipinski definition) is 0. The average molecular weight is 230 g/mol. The Morgan fingerprint density at radius 1 is 1.00 bits per heavy atom. The van der Waals surface area contributed by atoms with Gasteiger partial charge in [0.15, 0.2) is 0 Å². The molecule has 3 rings (SSSR count). The summed E-state index contributed by atoms with van der Waals surface area (Å²) in [6.45, 7) is 5.18. The van der Waals surface area contributed by atoms with Crippen LogP contribution in [-0.4, -0.2) is 42.1 Å². The predicted octanol–water partition coefficient (Wildman–Crippen LogP) is 2.36. The van der Waals surface area contributed by atoms with Crippen molar-refractivity contribution in [1.82, 2.24) is 9.80 Å². The second-order valence-electron chi connectivity index (χ2n) is 5.28. The molecule has 2 aliphatic rings. The van der Waals surface area contributed by atoms with Crippen LogP contribution in [0.5, 0.6) is 0 Å². The van der Waals surface area contributed by atoms with Crippen molar-refractivity contribution in [3.63, 3.8) is 0 Å². The van der Waals surface area contributed by atoms with Gasteiger partial charge in [0.2, 0.25) is 0 Å². The lowest BCUT2D eigenvalue weighted by atomic mass is 10.1. The van der Waals surface area contributed by atoms with E-state index in [9.17, 15) is 0 Å². The van der Waals surface area contributed by atoms with Gasteiger partial charge < -0.3 is 0 Å². The Kier molecular flexibility index (Phi) is 3.44. The fourth-order valence-corrected chi connectivity index (χ4v) is 3.29. The standard InChI is InChI=1S/C15H22N2/c1-2-6-14(7-3-1)9-13-17-12-5-11-16-10-4-8-15(16)17/h1-3,6-7,15H,4-5,8-13H2. The molecule has 17 heavy (non-hydrogen) atoms. The van der Waals surface area contributed by atoms with Crippen LogP contribution in [0.4, 0.5) is 0 Å². The molecule has 2 saturated heterocycles. The fraction of sp³-hybridized carbons (Fsp3) is 0.600. The molecule has 2 nitrogen and oxygen atoms in total. The molecule has 0 spiro atoms. The van der Waals surface area contributed by atoms with Crippen LogP contribution in [0.15, 0.2) is 30.3 Å². The quantitative estimate of drug-likeness (QED) is 0.786. The van der Waals surface area contributed by atoms with E-state index >= 15 is 0 Å². The van der Waals surface area contributed by atoms with E-state index in [0.717, 1.165) is 6.17 Å². The Balaban J connectivity index is 1.57. The highest BCUT2D eigenvalue weighted by Crippen LogP contribution is 2.24. The second-order valence-corrected chi connectivity index (χ2v) is 5.28. The molecule has 1 aromatic carbocycles. The van der Waals surface area contributed by atoms with Gasteiger partial charge in [-0.15, -0.1) is 0 Å². The summed E-state index contributed by atoms with van der Waals surface area (Å²) in [5.41, 5.74) is 1.47. The van der Waals surface area contributed by atoms with Crippen molar-refractivity contribution in [3.8, 4) is 0 Å². The Labute approximate surface area is 104 Å². The zero-order valence-corrected chi connectivity index (χ0v) is 10.5. The molecule has 2 fully saturated rings. The van der Waals surface area contributed by atoms with Crippen molar-refractivity contribution in [2.75, 3.05) is 26.2 Å². The number of fused-ring (bicyclic) bond motifs is 1. The van der Waals surface area contributed by atoms with Crippen LogP contribution in [-0.2, 0) is 6.42 Å². The van der Waals surface area contributed by atoms with Crippen LogP contribution in [0.3, 0.4) is 0 Å². The van der Waals surface area contributed by atoms with E-state index in [4.69, 9.17) is 0 Å². The maximum atomic E-state index is 2.70. The van der Waals surface area contributed by atoms with Gasteiger partial charge >= 0.3 is 0 Å². The van der Waals surface area contributed by atoms with E-state index < -0.39 is 0 Å². The molecule has 1 aromatic rings. The summed E-state index contributed by atoms with van der Waals surface area (Å²) in [5, 5.41) is 0. The predicted molar refractivity (Wildman–Crippen MR) is 70.9 cm³/mol. The molecule has 0 radical (unpaired) electrons. The molecule has 2 heterocycles. The number of benzene rings is 1. The summed E-state index contributed by atoms with van der Waals surface area (Å²) in [6, 6.07) is 10.9. The van der Waals surface area contributed by atoms with E-state index in [1.807, 2.05) is 0 Å². The minimum atomic E-state index is 0.757. The highest BCUT2D eigenvalue weighted by Gasteiger charge is 2.32. The SMILES string of the molecule is c1ccc(CCN2CCCN3CCCC32)cc1. The van der Waals surface area contributed by atoms with Crippen molar-refractivity contribution in [1.29, 1.82) is 0 Å². The molecular formula is C15H22N2.